The minimum atomic E-state index is -4.35. The van der Waals surface area contributed by atoms with Gasteiger partial charge in [0, 0.05) is 6.42 Å². The van der Waals surface area contributed by atoms with Crippen molar-refractivity contribution in [1.29, 1.82) is 0 Å². The van der Waals surface area contributed by atoms with Crippen LogP contribution in [-0.4, -0.2) is 73.4 Å². The van der Waals surface area contributed by atoms with Gasteiger partial charge < -0.3 is 19.8 Å². The average Bonchev–Trinajstić information content (AvgIpc) is 3.19. The summed E-state index contributed by atoms with van der Waals surface area (Å²) in [5, 5.41) is 13.8. The second-order valence-electron chi connectivity index (χ2n) is 17.8. The zero-order valence-electron chi connectivity index (χ0n) is 39.2. The van der Waals surface area contributed by atoms with Crippen molar-refractivity contribution in [3.8, 4) is 0 Å². The maximum absolute atomic E-state index is 12.8. The third-order valence-electron chi connectivity index (χ3n) is 10.7. The van der Waals surface area contributed by atoms with E-state index in [0.29, 0.717) is 17.4 Å². The van der Waals surface area contributed by atoms with Crippen LogP contribution in [0.15, 0.2) is 48.6 Å². The third kappa shape index (κ3) is 44.3. The van der Waals surface area contributed by atoms with Crippen LogP contribution in [0.3, 0.4) is 0 Å². The van der Waals surface area contributed by atoms with Crippen LogP contribution < -0.4 is 5.32 Å². The summed E-state index contributed by atoms with van der Waals surface area (Å²) < 4.78 is 23.5. The van der Waals surface area contributed by atoms with Crippen LogP contribution in [0.1, 0.15) is 213 Å². The number of likely N-dealkylation sites (N-methyl/N-ethyl adjacent to an activating group) is 1. The summed E-state index contributed by atoms with van der Waals surface area (Å²) >= 11 is 0. The number of allylic oxidation sites excluding steroid dienone is 7. The van der Waals surface area contributed by atoms with E-state index < -0.39 is 20.0 Å². The van der Waals surface area contributed by atoms with Gasteiger partial charge in [0.05, 0.1) is 39.9 Å². The van der Waals surface area contributed by atoms with Crippen molar-refractivity contribution in [2.24, 2.45) is 0 Å². The van der Waals surface area contributed by atoms with Gasteiger partial charge in [-0.05, 0) is 64.2 Å². The van der Waals surface area contributed by atoms with E-state index in [1.54, 1.807) is 6.08 Å². The van der Waals surface area contributed by atoms with Crippen molar-refractivity contribution < 1.29 is 32.9 Å². The molecule has 0 saturated carbocycles. The second-order valence-corrected chi connectivity index (χ2v) is 19.3. The number of hydrogen-bond donors (Lipinski definition) is 3. The summed E-state index contributed by atoms with van der Waals surface area (Å²) in [6.07, 6.45) is 53.5. The molecule has 3 N–H and O–H groups in total. The molecule has 3 atom stereocenters. The maximum Gasteiger partial charge on any atom is 0.472 e. The number of unbranched alkanes of at least 4 members (excludes halogenated alkanes) is 25. The number of aliphatic hydroxyl groups excluding tert-OH is 1. The lowest BCUT2D eigenvalue weighted by atomic mass is 10.0. The number of carbonyl (C=O) groups excluding carboxylic acids is 1. The largest absolute Gasteiger partial charge is 0.472 e. The fraction of sp³-hybridized carbons (Fsp3) is 0.820. The Bertz CT molecular complexity index is 1100. The van der Waals surface area contributed by atoms with Crippen LogP contribution >= 0.6 is 7.82 Å². The lowest BCUT2D eigenvalue weighted by molar-refractivity contribution is -0.870. The molecule has 0 saturated heterocycles. The number of carbonyl (C=O) groups is 1. The van der Waals surface area contributed by atoms with Gasteiger partial charge in [0.15, 0.2) is 0 Å². The van der Waals surface area contributed by atoms with Crippen molar-refractivity contribution in [2.45, 2.75) is 225 Å². The molecule has 346 valence electrons. The highest BCUT2D eigenvalue weighted by Crippen LogP contribution is 2.43. The number of rotatable bonds is 44. The first-order valence-corrected chi connectivity index (χ1v) is 26.0. The predicted molar refractivity (Wildman–Crippen MR) is 254 cm³/mol. The van der Waals surface area contributed by atoms with Gasteiger partial charge in [0.2, 0.25) is 5.91 Å². The van der Waals surface area contributed by atoms with E-state index in [-0.39, 0.29) is 19.1 Å². The lowest BCUT2D eigenvalue weighted by Gasteiger charge is -2.25. The molecule has 3 unspecified atom stereocenters. The van der Waals surface area contributed by atoms with E-state index in [2.05, 4.69) is 55.6 Å². The summed E-state index contributed by atoms with van der Waals surface area (Å²) in [5.74, 6) is -0.203. The Morgan fingerprint density at radius 1 is 0.559 bits per heavy atom. The number of nitrogens with zero attached hydrogens (tertiary/aromatic N) is 1. The van der Waals surface area contributed by atoms with Gasteiger partial charge in [0.1, 0.15) is 13.2 Å². The van der Waals surface area contributed by atoms with E-state index in [0.717, 1.165) is 70.6 Å². The maximum atomic E-state index is 12.8. The summed E-state index contributed by atoms with van der Waals surface area (Å²) in [6.45, 7) is 4.74. The molecule has 0 aromatic rings. The van der Waals surface area contributed by atoms with Crippen LogP contribution in [0, 0.1) is 0 Å². The molecule has 0 bridgehead atoms. The average molecular weight is 852 g/mol. The molecule has 0 radical (unpaired) electrons. The molecule has 0 aromatic carbocycles. The van der Waals surface area contributed by atoms with Gasteiger partial charge in [0.25, 0.3) is 0 Å². The molecule has 0 aliphatic rings. The van der Waals surface area contributed by atoms with Crippen LogP contribution in [0.2, 0.25) is 0 Å². The molecular weight excluding hydrogens is 756 g/mol. The molecule has 1 amide bonds. The van der Waals surface area contributed by atoms with Crippen molar-refractivity contribution in [3.05, 3.63) is 48.6 Å². The van der Waals surface area contributed by atoms with Crippen LogP contribution in [0.4, 0.5) is 0 Å². The number of nitrogens with one attached hydrogen (secondary N) is 1. The van der Waals surface area contributed by atoms with Crippen LogP contribution in [0.5, 0.6) is 0 Å². The quantitative estimate of drug-likeness (QED) is 0.0244. The zero-order chi connectivity index (χ0) is 43.6. The Labute approximate surface area is 365 Å². The van der Waals surface area contributed by atoms with Gasteiger partial charge in [-0.3, -0.25) is 13.8 Å². The number of quaternary nitrogens is 1. The number of phosphoric ester groups is 1. The highest BCUT2D eigenvalue weighted by molar-refractivity contribution is 7.47. The number of amides is 1. The van der Waals surface area contributed by atoms with E-state index >= 15 is 0 Å². The first-order valence-electron chi connectivity index (χ1n) is 24.5. The molecule has 0 fully saturated rings. The molecular formula is C50H96N2O6P+. The Morgan fingerprint density at radius 2 is 0.949 bits per heavy atom. The van der Waals surface area contributed by atoms with Crippen molar-refractivity contribution in [1.82, 2.24) is 5.32 Å². The molecule has 0 spiro atoms. The van der Waals surface area contributed by atoms with Gasteiger partial charge in [-0.1, -0.05) is 191 Å². The lowest BCUT2D eigenvalue weighted by Crippen LogP contribution is -2.45. The number of hydrogen-bond acceptors (Lipinski definition) is 5. The smallest absolute Gasteiger partial charge is 0.387 e. The second kappa shape index (κ2) is 41.8. The van der Waals surface area contributed by atoms with E-state index in [4.69, 9.17) is 9.05 Å². The third-order valence-corrected chi connectivity index (χ3v) is 11.7. The molecule has 0 aliphatic carbocycles. The number of aliphatic hydroxyl groups is 1. The van der Waals surface area contributed by atoms with E-state index in [9.17, 15) is 19.4 Å². The fourth-order valence-corrected chi connectivity index (χ4v) is 7.55. The first kappa shape index (κ1) is 57.5. The van der Waals surface area contributed by atoms with Crippen molar-refractivity contribution in [3.63, 3.8) is 0 Å². The van der Waals surface area contributed by atoms with Crippen molar-refractivity contribution in [2.75, 3.05) is 40.9 Å². The normalized spacial score (nSPS) is 14.6. The minimum absolute atomic E-state index is 0.0509. The Morgan fingerprint density at radius 3 is 1.41 bits per heavy atom. The van der Waals surface area contributed by atoms with Gasteiger partial charge >= 0.3 is 7.82 Å². The van der Waals surface area contributed by atoms with Gasteiger partial charge in [-0.25, -0.2) is 4.57 Å². The highest BCUT2D eigenvalue weighted by Gasteiger charge is 2.27. The summed E-state index contributed by atoms with van der Waals surface area (Å²) in [5.41, 5.74) is 0. The topological polar surface area (TPSA) is 105 Å². The summed E-state index contributed by atoms with van der Waals surface area (Å²) in [6, 6.07) is -0.873. The monoisotopic (exact) mass is 852 g/mol. The fourth-order valence-electron chi connectivity index (χ4n) is 6.82. The molecule has 0 aromatic heterocycles. The van der Waals surface area contributed by atoms with E-state index in [1.165, 1.54) is 122 Å². The first-order chi connectivity index (χ1) is 28.5. The summed E-state index contributed by atoms with van der Waals surface area (Å²) in [7, 11) is 1.54. The SMILES string of the molecule is CCCC/C=C\CCCCCCCC(=O)NC(COP(=O)(O)OCC[N+](C)(C)C)C(O)/C=C/CC/C=C/CC/C=C/CCCCCCCCCCCCCCCCCC. The Hall–Kier alpha value is -1.54. The van der Waals surface area contributed by atoms with Crippen LogP contribution in [0.25, 0.3) is 0 Å². The minimum Gasteiger partial charge on any atom is -0.387 e. The van der Waals surface area contributed by atoms with E-state index in [1.807, 2.05) is 27.2 Å². The zero-order valence-corrected chi connectivity index (χ0v) is 40.1. The molecule has 8 nitrogen and oxygen atoms in total. The highest BCUT2D eigenvalue weighted by atomic mass is 31.2. The molecule has 0 rings (SSSR count). The molecule has 59 heavy (non-hydrogen) atoms. The summed E-state index contributed by atoms with van der Waals surface area (Å²) in [4.78, 5) is 23.1. The molecule has 0 aliphatic heterocycles. The molecule has 0 heterocycles. The molecule has 9 heteroatoms. The van der Waals surface area contributed by atoms with Crippen molar-refractivity contribution >= 4 is 13.7 Å². The predicted octanol–water partition coefficient (Wildman–Crippen LogP) is 14.0. The van der Waals surface area contributed by atoms with Gasteiger partial charge in [-0.2, -0.15) is 0 Å². The Kier molecular flexibility index (Phi) is 40.7. The van der Waals surface area contributed by atoms with Gasteiger partial charge in [-0.15, -0.1) is 0 Å². The standard InChI is InChI=1S/C50H95N2O6P/c1-6-8-10-12-14-16-18-19-20-21-22-23-24-25-26-27-28-29-30-31-32-34-35-37-39-41-43-49(53)48(47-58-59(55,56)57-46-45-52(3,4)5)51-50(54)44-42-40-38-36-33-17-15-13-11-9-7-2/h13,15,29-30,34-35,41,43,48-49,53H,6-12,14,16-28,31-33,36-40,42,44-47H2,1-5H3,(H-,51,54,55,56)/p+1/b15-13-,30-29+,35-34+,43-41+. The number of phosphoric acid groups is 1. The van der Waals surface area contributed by atoms with Crippen LogP contribution in [-0.2, 0) is 18.4 Å². The Balaban J connectivity index is 4.31.